The molecule has 4 aromatic heterocycles. The zero-order valence-corrected chi connectivity index (χ0v) is 17.7. The van der Waals surface area contributed by atoms with Crippen LogP contribution in [0.15, 0.2) is 43.2 Å². The van der Waals surface area contributed by atoms with Crippen LogP contribution in [0.3, 0.4) is 0 Å². The van der Waals surface area contributed by atoms with Gasteiger partial charge in [-0.2, -0.15) is 23.4 Å². The lowest BCUT2D eigenvalue weighted by molar-refractivity contribution is -0.144. The van der Waals surface area contributed by atoms with E-state index < -0.39 is 18.3 Å². The summed E-state index contributed by atoms with van der Waals surface area (Å²) in [6.07, 6.45) is 6.55. The molecule has 0 N–H and O–H groups in total. The van der Waals surface area contributed by atoms with Gasteiger partial charge in [0.2, 0.25) is 6.54 Å². The number of alkyl halides is 3. The summed E-state index contributed by atoms with van der Waals surface area (Å²) < 4.78 is 43.9. The molecule has 1 aliphatic heterocycles. The van der Waals surface area contributed by atoms with Crippen molar-refractivity contribution in [1.29, 1.82) is 0 Å². The summed E-state index contributed by atoms with van der Waals surface area (Å²) in [7, 11) is 1.82. The number of halogens is 3. The minimum absolute atomic E-state index is 0.0477. The minimum Gasteiger partial charge on any atom is -0.314 e. The van der Waals surface area contributed by atoms with Crippen molar-refractivity contribution in [3.8, 4) is 22.6 Å². The Kier molecular flexibility index (Phi) is 4.93. The summed E-state index contributed by atoms with van der Waals surface area (Å²) in [6, 6.07) is 1.86. The maximum Gasteiger partial charge on any atom is 0.401 e. The van der Waals surface area contributed by atoms with Crippen molar-refractivity contribution in [3.63, 3.8) is 0 Å². The highest BCUT2D eigenvalue weighted by molar-refractivity contribution is 5.68. The van der Waals surface area contributed by atoms with Crippen molar-refractivity contribution in [2.24, 2.45) is 7.05 Å². The van der Waals surface area contributed by atoms with Crippen molar-refractivity contribution in [3.05, 3.63) is 54.7 Å². The second kappa shape index (κ2) is 7.70. The summed E-state index contributed by atoms with van der Waals surface area (Å²) >= 11 is 0. The van der Waals surface area contributed by atoms with E-state index in [1.165, 1.54) is 4.90 Å². The first-order valence-electron chi connectivity index (χ1n) is 10.3. The number of nitrogens with zero attached hydrogens (tertiary/aromatic N) is 9. The Balaban J connectivity index is 1.53. The maximum absolute atomic E-state index is 12.9. The van der Waals surface area contributed by atoms with Crippen molar-refractivity contribution in [2.75, 3.05) is 26.2 Å². The second-order valence-corrected chi connectivity index (χ2v) is 8.31. The molecule has 33 heavy (non-hydrogen) atoms. The van der Waals surface area contributed by atoms with Crippen molar-refractivity contribution in [2.45, 2.75) is 18.1 Å². The molecule has 1 saturated heterocycles. The summed E-state index contributed by atoms with van der Waals surface area (Å²) in [5, 5.41) is 8.67. The highest BCUT2D eigenvalue weighted by Crippen LogP contribution is 2.33. The molecule has 0 saturated carbocycles. The molecule has 4 aromatic rings. The molecule has 1 unspecified atom stereocenters. The van der Waals surface area contributed by atoms with Gasteiger partial charge in [-0.25, -0.2) is 16.5 Å². The molecule has 0 bridgehead atoms. The van der Waals surface area contributed by atoms with Gasteiger partial charge in [0, 0.05) is 56.6 Å². The maximum atomic E-state index is 12.9. The number of rotatable bonds is 5. The Morgan fingerprint density at radius 1 is 1.18 bits per heavy atom. The van der Waals surface area contributed by atoms with Gasteiger partial charge in [-0.1, -0.05) is 0 Å². The van der Waals surface area contributed by atoms with Gasteiger partial charge in [0.1, 0.15) is 17.0 Å². The van der Waals surface area contributed by atoms with Crippen LogP contribution >= 0.6 is 0 Å². The van der Waals surface area contributed by atoms with Crippen LogP contribution in [0.5, 0.6) is 0 Å². The molecular weight excluding hydrogens is 435 g/mol. The van der Waals surface area contributed by atoms with E-state index in [4.69, 9.17) is 11.6 Å². The highest BCUT2D eigenvalue weighted by atomic mass is 19.4. The molecule has 1 fully saturated rings. The predicted molar refractivity (Wildman–Crippen MR) is 113 cm³/mol. The lowest BCUT2D eigenvalue weighted by atomic mass is 9.99. The Morgan fingerprint density at radius 3 is 2.73 bits per heavy atom. The largest absolute Gasteiger partial charge is 0.401 e. The fourth-order valence-corrected chi connectivity index (χ4v) is 4.39. The lowest BCUT2D eigenvalue weighted by Crippen LogP contribution is -2.42. The molecule has 5 rings (SSSR count). The quantitative estimate of drug-likeness (QED) is 0.433. The number of likely N-dealkylation sites (tertiary alicyclic amines) is 1. The van der Waals surface area contributed by atoms with Crippen molar-refractivity contribution >= 4 is 5.65 Å². The monoisotopic (exact) mass is 455 g/mol. The van der Waals surface area contributed by atoms with Crippen LogP contribution in [0, 0.1) is 6.57 Å². The number of aromatic nitrogens is 7. The Labute approximate surface area is 186 Å². The Hall–Kier alpha value is -3.72. The molecule has 12 heteroatoms. The number of hydrogen-bond donors (Lipinski definition) is 0. The van der Waals surface area contributed by atoms with Gasteiger partial charge in [-0.05, 0) is 6.42 Å². The van der Waals surface area contributed by atoms with Crippen molar-refractivity contribution < 1.29 is 13.2 Å². The molecule has 5 heterocycles. The smallest absolute Gasteiger partial charge is 0.314 e. The number of hydrogen-bond acceptors (Lipinski definition) is 5. The van der Waals surface area contributed by atoms with Gasteiger partial charge in [0.15, 0.2) is 0 Å². The first-order valence-corrected chi connectivity index (χ1v) is 10.3. The molecular formula is C21H20F3N9. The molecule has 0 aromatic carbocycles. The van der Waals surface area contributed by atoms with Gasteiger partial charge < -0.3 is 4.85 Å². The topological polar surface area (TPSA) is 73.4 Å². The van der Waals surface area contributed by atoms with Crippen LogP contribution in [0.25, 0.3) is 33.1 Å². The third kappa shape index (κ3) is 3.95. The van der Waals surface area contributed by atoms with E-state index in [0.717, 1.165) is 5.56 Å². The zero-order chi connectivity index (χ0) is 23.2. The summed E-state index contributed by atoms with van der Waals surface area (Å²) in [6.45, 7) is 6.80. The molecule has 1 atom stereocenters. The average Bonchev–Trinajstić information content (AvgIpc) is 3.53. The van der Waals surface area contributed by atoms with Crippen LogP contribution in [0.4, 0.5) is 13.2 Å². The normalized spacial score (nSPS) is 19.4. The highest BCUT2D eigenvalue weighted by Gasteiger charge is 2.46. The van der Waals surface area contributed by atoms with Crippen LogP contribution in [-0.2, 0) is 12.6 Å². The van der Waals surface area contributed by atoms with E-state index in [1.807, 2.05) is 23.7 Å². The lowest BCUT2D eigenvalue weighted by Gasteiger charge is -2.25. The van der Waals surface area contributed by atoms with Crippen molar-refractivity contribution in [1.82, 2.24) is 38.8 Å². The summed E-state index contributed by atoms with van der Waals surface area (Å²) in [5.74, 6) is 0.596. The van der Waals surface area contributed by atoms with E-state index in [2.05, 4.69) is 20.0 Å². The Morgan fingerprint density at radius 2 is 2.00 bits per heavy atom. The summed E-state index contributed by atoms with van der Waals surface area (Å²) in [4.78, 5) is 14.0. The van der Waals surface area contributed by atoms with Crippen LogP contribution in [-0.4, -0.2) is 71.2 Å². The fourth-order valence-electron chi connectivity index (χ4n) is 4.39. The number of aryl methyl sites for hydroxylation is 1. The van der Waals surface area contributed by atoms with E-state index in [0.29, 0.717) is 29.1 Å². The van der Waals surface area contributed by atoms with E-state index in [9.17, 15) is 13.2 Å². The van der Waals surface area contributed by atoms with Gasteiger partial charge in [-0.15, -0.1) is 0 Å². The third-order valence-corrected chi connectivity index (χ3v) is 5.90. The molecule has 0 aliphatic carbocycles. The first-order chi connectivity index (χ1) is 15.8. The van der Waals surface area contributed by atoms with Gasteiger partial charge >= 0.3 is 6.18 Å². The average molecular weight is 455 g/mol. The van der Waals surface area contributed by atoms with E-state index >= 15 is 0 Å². The second-order valence-electron chi connectivity index (χ2n) is 8.31. The minimum atomic E-state index is -4.28. The van der Waals surface area contributed by atoms with E-state index in [1.54, 1.807) is 40.3 Å². The fraction of sp³-hybridized carbons (Fsp3) is 0.381. The van der Waals surface area contributed by atoms with E-state index in [-0.39, 0.29) is 19.6 Å². The zero-order valence-electron chi connectivity index (χ0n) is 17.7. The molecule has 0 spiro atoms. The van der Waals surface area contributed by atoms with Gasteiger partial charge in [0.25, 0.3) is 0 Å². The predicted octanol–water partition coefficient (Wildman–Crippen LogP) is 2.88. The Bertz CT molecular complexity index is 1340. The standard InChI is InChI=1S/C21H20F3N9/c1-25-12-20(3-5-31(13-20)14-21(22,23)24)33-11-16(9-28-33)19-29-17(15-8-27-30(2)10-15)7-18-26-4-6-32(18)19/h4,6-11H,3,5,12-14H2,2H3. The molecule has 1 aliphatic rings. The number of fused-ring (bicyclic) bond motifs is 1. The third-order valence-electron chi connectivity index (χ3n) is 5.90. The van der Waals surface area contributed by atoms with Gasteiger partial charge in [-0.3, -0.25) is 18.7 Å². The molecule has 170 valence electrons. The van der Waals surface area contributed by atoms with Crippen LogP contribution in [0.1, 0.15) is 6.42 Å². The SMILES string of the molecule is [C-]#[N+]CC1(n2cc(-c3nc(-c4cnn(C)c4)cc4nccn34)cn2)CCN(CC(F)(F)F)C1. The molecule has 0 amide bonds. The molecule has 9 nitrogen and oxygen atoms in total. The molecule has 0 radical (unpaired) electrons. The van der Waals surface area contributed by atoms with Crippen LogP contribution < -0.4 is 0 Å². The summed E-state index contributed by atoms with van der Waals surface area (Å²) in [5.41, 5.74) is 2.08. The first kappa shape index (κ1) is 21.1. The van der Waals surface area contributed by atoms with Crippen LogP contribution in [0.2, 0.25) is 0 Å². The van der Waals surface area contributed by atoms with Gasteiger partial charge in [0.05, 0.1) is 30.2 Å². The number of imidazole rings is 1.